The largest absolute Gasteiger partial charge is 0.433 e. The molecule has 3 aromatic rings. The quantitative estimate of drug-likeness (QED) is 0.568. The zero-order valence-electron chi connectivity index (χ0n) is 13.7. The van der Waals surface area contributed by atoms with Crippen LogP contribution in [0.15, 0.2) is 48.8 Å². The predicted molar refractivity (Wildman–Crippen MR) is 86.2 cm³/mol. The summed E-state index contributed by atoms with van der Waals surface area (Å²) >= 11 is 0. The normalized spacial score (nSPS) is 11.6. The predicted octanol–water partition coefficient (Wildman–Crippen LogP) is 5.36. The second-order valence-corrected chi connectivity index (χ2v) is 5.83. The summed E-state index contributed by atoms with van der Waals surface area (Å²) in [6.45, 7) is 0. The van der Waals surface area contributed by atoms with E-state index in [4.69, 9.17) is 0 Å². The Morgan fingerprint density at radius 1 is 0.778 bits per heavy atom. The summed E-state index contributed by atoms with van der Waals surface area (Å²) < 4.78 is 80.1. The summed E-state index contributed by atoms with van der Waals surface area (Å²) in [4.78, 5) is 7.22. The molecular formula is C19H12F6N2. The van der Waals surface area contributed by atoms with Gasteiger partial charge in [0.25, 0.3) is 0 Å². The standard InChI is InChI=1S/C19H12F6N2/c20-14-5-3-11(16(22)8-14)1-2-12-4-6-17(27-18(12)19(23,24)25)13-7-15(21)10-26-9-13/h3-10H,1-2H2. The number of pyridine rings is 2. The summed E-state index contributed by atoms with van der Waals surface area (Å²) in [6, 6.07) is 6.49. The number of halogens is 6. The zero-order valence-corrected chi connectivity index (χ0v) is 13.7. The number of benzene rings is 1. The molecule has 0 spiro atoms. The minimum atomic E-state index is -4.74. The van der Waals surface area contributed by atoms with Crippen molar-refractivity contribution in [2.24, 2.45) is 0 Å². The molecule has 0 radical (unpaired) electrons. The molecule has 0 saturated heterocycles. The fraction of sp³-hybridized carbons (Fsp3) is 0.158. The van der Waals surface area contributed by atoms with E-state index >= 15 is 0 Å². The smallest absolute Gasteiger partial charge is 0.261 e. The van der Waals surface area contributed by atoms with Crippen LogP contribution in [0.1, 0.15) is 16.8 Å². The second kappa shape index (κ2) is 7.38. The maximum Gasteiger partial charge on any atom is 0.433 e. The SMILES string of the molecule is Fc1cncc(-c2ccc(CCc3ccc(F)cc3F)c(C(F)(F)F)n2)c1. The van der Waals surface area contributed by atoms with Crippen molar-refractivity contribution in [3.05, 3.63) is 83.1 Å². The first-order valence-corrected chi connectivity index (χ1v) is 7.86. The van der Waals surface area contributed by atoms with Crippen LogP contribution in [-0.2, 0) is 19.0 Å². The van der Waals surface area contributed by atoms with Gasteiger partial charge < -0.3 is 0 Å². The molecule has 3 rings (SSSR count). The first-order chi connectivity index (χ1) is 12.7. The van der Waals surface area contributed by atoms with E-state index < -0.39 is 29.3 Å². The lowest BCUT2D eigenvalue weighted by atomic mass is 10.0. The maximum absolute atomic E-state index is 13.7. The molecule has 0 saturated carbocycles. The fourth-order valence-electron chi connectivity index (χ4n) is 2.64. The fourth-order valence-corrected chi connectivity index (χ4v) is 2.64. The molecule has 27 heavy (non-hydrogen) atoms. The van der Waals surface area contributed by atoms with E-state index in [0.29, 0.717) is 6.07 Å². The highest BCUT2D eigenvalue weighted by Gasteiger charge is 2.35. The van der Waals surface area contributed by atoms with Gasteiger partial charge in [-0.2, -0.15) is 13.2 Å². The van der Waals surface area contributed by atoms with Crippen LogP contribution >= 0.6 is 0 Å². The van der Waals surface area contributed by atoms with Crippen LogP contribution in [0, 0.1) is 17.5 Å². The first-order valence-electron chi connectivity index (χ1n) is 7.86. The monoisotopic (exact) mass is 382 g/mol. The van der Waals surface area contributed by atoms with Crippen LogP contribution in [0.25, 0.3) is 11.3 Å². The highest BCUT2D eigenvalue weighted by Crippen LogP contribution is 2.33. The van der Waals surface area contributed by atoms with E-state index in [-0.39, 0.29) is 35.2 Å². The van der Waals surface area contributed by atoms with Gasteiger partial charge in [0, 0.05) is 17.8 Å². The van der Waals surface area contributed by atoms with Gasteiger partial charge >= 0.3 is 6.18 Å². The van der Waals surface area contributed by atoms with Gasteiger partial charge in [-0.25, -0.2) is 18.2 Å². The Bertz CT molecular complexity index is 969. The minimum absolute atomic E-state index is 0.0578. The van der Waals surface area contributed by atoms with Gasteiger partial charge in [0.15, 0.2) is 0 Å². The number of rotatable bonds is 4. The van der Waals surface area contributed by atoms with Crippen LogP contribution in [0.4, 0.5) is 26.3 Å². The number of aryl methyl sites for hydroxylation is 2. The summed E-state index contributed by atoms with van der Waals surface area (Å²) in [7, 11) is 0. The van der Waals surface area contributed by atoms with Gasteiger partial charge in [-0.3, -0.25) is 4.98 Å². The molecule has 0 amide bonds. The third-order valence-corrected chi connectivity index (χ3v) is 3.93. The molecule has 2 aromatic heterocycles. The molecular weight excluding hydrogens is 370 g/mol. The van der Waals surface area contributed by atoms with Crippen molar-refractivity contribution in [1.82, 2.24) is 9.97 Å². The Morgan fingerprint density at radius 2 is 1.48 bits per heavy atom. The van der Waals surface area contributed by atoms with Crippen molar-refractivity contribution in [1.29, 1.82) is 0 Å². The Labute approximate surface area is 150 Å². The van der Waals surface area contributed by atoms with E-state index in [1.165, 1.54) is 24.4 Å². The van der Waals surface area contributed by atoms with Crippen LogP contribution in [-0.4, -0.2) is 9.97 Å². The average molecular weight is 382 g/mol. The number of nitrogens with zero attached hydrogens (tertiary/aromatic N) is 2. The maximum atomic E-state index is 13.7. The van der Waals surface area contributed by atoms with Gasteiger partial charge in [-0.15, -0.1) is 0 Å². The number of hydrogen-bond donors (Lipinski definition) is 0. The Morgan fingerprint density at radius 3 is 2.15 bits per heavy atom. The summed E-state index contributed by atoms with van der Waals surface area (Å²) in [6.07, 6.45) is -2.81. The van der Waals surface area contributed by atoms with E-state index in [1.54, 1.807) is 0 Å². The molecule has 0 aliphatic heterocycles. The molecule has 140 valence electrons. The summed E-state index contributed by atoms with van der Waals surface area (Å²) in [5, 5.41) is 0. The third-order valence-electron chi connectivity index (χ3n) is 3.93. The Balaban J connectivity index is 1.93. The molecule has 0 aliphatic carbocycles. The molecule has 1 aromatic carbocycles. The van der Waals surface area contributed by atoms with Crippen molar-refractivity contribution in [2.75, 3.05) is 0 Å². The molecule has 0 bridgehead atoms. The lowest BCUT2D eigenvalue weighted by molar-refractivity contribution is -0.141. The molecule has 0 N–H and O–H groups in total. The van der Waals surface area contributed by atoms with Crippen molar-refractivity contribution in [3.8, 4) is 11.3 Å². The van der Waals surface area contributed by atoms with Crippen molar-refractivity contribution in [2.45, 2.75) is 19.0 Å². The lowest BCUT2D eigenvalue weighted by Crippen LogP contribution is -2.13. The van der Waals surface area contributed by atoms with Crippen LogP contribution in [0.3, 0.4) is 0 Å². The number of aromatic nitrogens is 2. The molecule has 0 fully saturated rings. The third kappa shape index (κ3) is 4.45. The van der Waals surface area contributed by atoms with Crippen molar-refractivity contribution < 1.29 is 26.3 Å². The zero-order chi connectivity index (χ0) is 19.6. The van der Waals surface area contributed by atoms with E-state index in [1.807, 2.05) is 0 Å². The van der Waals surface area contributed by atoms with Crippen LogP contribution in [0.5, 0.6) is 0 Å². The summed E-state index contributed by atoms with van der Waals surface area (Å²) in [5.74, 6) is -2.28. The molecule has 0 atom stereocenters. The van der Waals surface area contributed by atoms with Gasteiger partial charge in [-0.1, -0.05) is 12.1 Å². The summed E-state index contributed by atoms with van der Waals surface area (Å²) in [5.41, 5.74) is -1.14. The highest BCUT2D eigenvalue weighted by molar-refractivity contribution is 5.58. The minimum Gasteiger partial charge on any atom is -0.261 e. The molecule has 2 nitrogen and oxygen atoms in total. The second-order valence-electron chi connectivity index (χ2n) is 5.83. The highest BCUT2D eigenvalue weighted by atomic mass is 19.4. The first kappa shape index (κ1) is 18.9. The molecule has 2 heterocycles. The van der Waals surface area contributed by atoms with Crippen LogP contribution < -0.4 is 0 Å². The lowest BCUT2D eigenvalue weighted by Gasteiger charge is -2.14. The van der Waals surface area contributed by atoms with Crippen molar-refractivity contribution in [3.63, 3.8) is 0 Å². The number of alkyl halides is 3. The molecule has 8 heteroatoms. The Kier molecular flexibility index (Phi) is 5.16. The topological polar surface area (TPSA) is 25.8 Å². The van der Waals surface area contributed by atoms with Gasteiger partial charge in [-0.05, 0) is 42.2 Å². The van der Waals surface area contributed by atoms with E-state index in [9.17, 15) is 26.3 Å². The van der Waals surface area contributed by atoms with E-state index in [2.05, 4.69) is 9.97 Å². The molecule has 0 aliphatic rings. The Hall–Kier alpha value is -2.90. The van der Waals surface area contributed by atoms with Gasteiger partial charge in [0.2, 0.25) is 0 Å². The van der Waals surface area contributed by atoms with Crippen molar-refractivity contribution >= 4 is 0 Å². The van der Waals surface area contributed by atoms with Crippen LogP contribution in [0.2, 0.25) is 0 Å². The van der Waals surface area contributed by atoms with Gasteiger partial charge in [0.05, 0.1) is 11.9 Å². The number of hydrogen-bond acceptors (Lipinski definition) is 2. The van der Waals surface area contributed by atoms with Gasteiger partial charge in [0.1, 0.15) is 23.1 Å². The average Bonchev–Trinajstić information content (AvgIpc) is 2.60. The van der Waals surface area contributed by atoms with E-state index in [0.717, 1.165) is 18.3 Å². The molecule has 0 unspecified atom stereocenters.